The molecule has 1 aromatic rings. The molecule has 0 aliphatic rings. The van der Waals surface area contributed by atoms with Gasteiger partial charge in [0.15, 0.2) is 0 Å². The van der Waals surface area contributed by atoms with E-state index < -0.39 is 0 Å². The average Bonchev–Trinajstić information content (AvgIpc) is 2.66. The van der Waals surface area contributed by atoms with Crippen LogP contribution in [-0.2, 0) is 19.4 Å². The van der Waals surface area contributed by atoms with Crippen molar-refractivity contribution >= 4 is 31.9 Å². The fourth-order valence-corrected chi connectivity index (χ4v) is 2.87. The maximum atomic E-state index is 4.62. The van der Waals surface area contributed by atoms with Crippen LogP contribution in [0.15, 0.2) is 17.1 Å². The van der Waals surface area contributed by atoms with Crippen LogP contribution in [0.1, 0.15) is 32.2 Å². The first-order valence-corrected chi connectivity index (χ1v) is 7.86. The summed E-state index contributed by atoms with van der Waals surface area (Å²) in [6.45, 7) is 11.3. The molecule has 1 rings (SSSR count). The van der Waals surface area contributed by atoms with Crippen molar-refractivity contribution in [2.45, 2.75) is 40.2 Å². The first-order valence-electron chi connectivity index (χ1n) is 5.95. The second kappa shape index (κ2) is 6.19. The van der Waals surface area contributed by atoms with E-state index in [9.17, 15) is 0 Å². The van der Waals surface area contributed by atoms with Gasteiger partial charge in [0.1, 0.15) is 0 Å². The van der Waals surface area contributed by atoms with Gasteiger partial charge in [-0.15, -0.1) is 6.58 Å². The van der Waals surface area contributed by atoms with Crippen LogP contribution >= 0.6 is 31.9 Å². The number of hydrogen-bond donors (Lipinski definition) is 0. The van der Waals surface area contributed by atoms with E-state index in [1.807, 2.05) is 6.08 Å². The molecule has 0 bridgehead atoms. The molecule has 0 spiro atoms. The first kappa shape index (κ1) is 15.0. The Morgan fingerprint density at radius 1 is 1.47 bits per heavy atom. The van der Waals surface area contributed by atoms with Crippen LogP contribution in [0.2, 0.25) is 0 Å². The highest BCUT2D eigenvalue weighted by atomic mass is 79.9. The molecule has 4 heteroatoms. The molecule has 17 heavy (non-hydrogen) atoms. The van der Waals surface area contributed by atoms with E-state index in [4.69, 9.17) is 0 Å². The van der Waals surface area contributed by atoms with Crippen LogP contribution in [0, 0.1) is 5.41 Å². The first-order chi connectivity index (χ1) is 8.01. The van der Waals surface area contributed by atoms with Crippen LogP contribution in [0.5, 0.6) is 0 Å². The average molecular weight is 364 g/mol. The molecule has 1 atom stereocenters. The summed E-state index contributed by atoms with van der Waals surface area (Å²) in [7, 11) is 0. The molecule has 96 valence electrons. The number of allylic oxidation sites excluding steroid dienone is 1. The molecule has 0 saturated heterocycles. The van der Waals surface area contributed by atoms with E-state index >= 15 is 0 Å². The molecule has 0 aliphatic carbocycles. The van der Waals surface area contributed by atoms with E-state index in [1.165, 1.54) is 5.69 Å². The van der Waals surface area contributed by atoms with Gasteiger partial charge in [0.25, 0.3) is 0 Å². The number of aryl methyl sites for hydroxylation is 2. The molecule has 1 aromatic heterocycles. The summed E-state index contributed by atoms with van der Waals surface area (Å²) < 4.78 is 3.25. The predicted molar refractivity (Wildman–Crippen MR) is 80.8 cm³/mol. The number of halogens is 2. The predicted octanol–water partition coefficient (Wildman–Crippen LogP) is 4.36. The van der Waals surface area contributed by atoms with E-state index in [1.54, 1.807) is 0 Å². The standard InChI is InChI=1S/C13H20Br2N2/c1-5-10-12(15)11(17(7-3)16-10)8-13(4,6-2)9-14/h6H,2,5,7-9H2,1,3-4H3. The van der Waals surface area contributed by atoms with Crippen molar-refractivity contribution in [3.63, 3.8) is 0 Å². The fourth-order valence-electron chi connectivity index (χ4n) is 1.74. The largest absolute Gasteiger partial charge is 0.268 e. The third-order valence-corrected chi connectivity index (χ3v) is 5.26. The molecule has 0 aliphatic heterocycles. The van der Waals surface area contributed by atoms with Crippen molar-refractivity contribution in [1.82, 2.24) is 9.78 Å². The van der Waals surface area contributed by atoms with E-state index in [-0.39, 0.29) is 5.41 Å². The molecule has 0 saturated carbocycles. The van der Waals surface area contributed by atoms with Gasteiger partial charge in [0, 0.05) is 23.7 Å². The van der Waals surface area contributed by atoms with E-state index in [2.05, 4.69) is 69.0 Å². The zero-order valence-corrected chi connectivity index (χ0v) is 13.9. The van der Waals surface area contributed by atoms with Gasteiger partial charge in [-0.2, -0.15) is 5.10 Å². The molecule has 1 unspecified atom stereocenters. The minimum absolute atomic E-state index is 0.0699. The lowest BCUT2D eigenvalue weighted by Gasteiger charge is -2.23. The van der Waals surface area contributed by atoms with Gasteiger partial charge in [-0.1, -0.05) is 35.9 Å². The molecule has 0 fully saturated rings. The molecular weight excluding hydrogens is 344 g/mol. The zero-order valence-electron chi connectivity index (χ0n) is 10.8. The van der Waals surface area contributed by atoms with Crippen LogP contribution in [0.25, 0.3) is 0 Å². The lowest BCUT2D eigenvalue weighted by atomic mass is 9.88. The molecule has 0 radical (unpaired) electrons. The highest BCUT2D eigenvalue weighted by molar-refractivity contribution is 9.10. The second-order valence-corrected chi connectivity index (χ2v) is 5.90. The van der Waals surface area contributed by atoms with Crippen LogP contribution in [-0.4, -0.2) is 15.1 Å². The Morgan fingerprint density at radius 3 is 2.53 bits per heavy atom. The van der Waals surface area contributed by atoms with Crippen LogP contribution in [0.4, 0.5) is 0 Å². The van der Waals surface area contributed by atoms with Gasteiger partial charge in [0.05, 0.1) is 15.9 Å². The quantitative estimate of drug-likeness (QED) is 0.542. The van der Waals surface area contributed by atoms with Crippen molar-refractivity contribution in [2.75, 3.05) is 5.33 Å². The molecule has 0 amide bonds. The van der Waals surface area contributed by atoms with Crippen molar-refractivity contribution in [1.29, 1.82) is 0 Å². The Bertz CT molecular complexity index is 398. The molecule has 2 nitrogen and oxygen atoms in total. The molecule has 0 N–H and O–H groups in total. The van der Waals surface area contributed by atoms with Crippen LogP contribution in [0.3, 0.4) is 0 Å². The summed E-state index contributed by atoms with van der Waals surface area (Å²) in [5, 5.41) is 5.53. The summed E-state index contributed by atoms with van der Waals surface area (Å²) in [5.41, 5.74) is 2.48. The molecule has 0 aromatic carbocycles. The summed E-state index contributed by atoms with van der Waals surface area (Å²) in [4.78, 5) is 0. The maximum Gasteiger partial charge on any atom is 0.0766 e. The number of rotatable bonds is 6. The Balaban J connectivity index is 3.12. The van der Waals surface area contributed by atoms with Crippen molar-refractivity contribution < 1.29 is 0 Å². The van der Waals surface area contributed by atoms with E-state index in [0.29, 0.717) is 0 Å². The van der Waals surface area contributed by atoms with Crippen molar-refractivity contribution in [2.24, 2.45) is 5.41 Å². The summed E-state index contributed by atoms with van der Waals surface area (Å²) in [6, 6.07) is 0. The number of nitrogens with zero attached hydrogens (tertiary/aromatic N) is 2. The minimum atomic E-state index is 0.0699. The second-order valence-electron chi connectivity index (χ2n) is 4.55. The minimum Gasteiger partial charge on any atom is -0.268 e. The third kappa shape index (κ3) is 3.22. The third-order valence-electron chi connectivity index (χ3n) is 3.06. The Labute approximate surface area is 121 Å². The van der Waals surface area contributed by atoms with Gasteiger partial charge in [0.2, 0.25) is 0 Å². The normalized spacial score (nSPS) is 14.6. The highest BCUT2D eigenvalue weighted by Crippen LogP contribution is 2.31. The smallest absolute Gasteiger partial charge is 0.0766 e. The van der Waals surface area contributed by atoms with Gasteiger partial charge in [-0.25, -0.2) is 0 Å². The summed E-state index contributed by atoms with van der Waals surface area (Å²) in [6.07, 6.45) is 3.93. The lowest BCUT2D eigenvalue weighted by Crippen LogP contribution is -2.20. The highest BCUT2D eigenvalue weighted by Gasteiger charge is 2.24. The Morgan fingerprint density at radius 2 is 2.12 bits per heavy atom. The van der Waals surface area contributed by atoms with Gasteiger partial charge >= 0.3 is 0 Å². The maximum absolute atomic E-state index is 4.62. The molecular formula is C13H20Br2N2. The molecule has 1 heterocycles. The fraction of sp³-hybridized carbons (Fsp3) is 0.615. The van der Waals surface area contributed by atoms with Gasteiger partial charge in [-0.3, -0.25) is 4.68 Å². The van der Waals surface area contributed by atoms with E-state index in [0.717, 1.165) is 34.9 Å². The Kier molecular flexibility index (Phi) is 5.45. The van der Waals surface area contributed by atoms with Gasteiger partial charge in [-0.05, 0) is 29.3 Å². The lowest BCUT2D eigenvalue weighted by molar-refractivity contribution is 0.462. The van der Waals surface area contributed by atoms with Gasteiger partial charge < -0.3 is 0 Å². The summed E-state index contributed by atoms with van der Waals surface area (Å²) in [5.74, 6) is 0. The number of aromatic nitrogens is 2. The SMILES string of the molecule is C=CC(C)(CBr)Cc1c(Br)c(CC)nn1CC. The number of hydrogen-bond acceptors (Lipinski definition) is 1. The zero-order chi connectivity index (χ0) is 13.1. The Hall–Kier alpha value is -0.0900. The van der Waals surface area contributed by atoms with Crippen LogP contribution < -0.4 is 0 Å². The monoisotopic (exact) mass is 362 g/mol. The topological polar surface area (TPSA) is 17.8 Å². The van der Waals surface area contributed by atoms with Crippen molar-refractivity contribution in [3.05, 3.63) is 28.5 Å². The van der Waals surface area contributed by atoms with Crippen molar-refractivity contribution in [3.8, 4) is 0 Å². The number of alkyl halides is 1. The summed E-state index contributed by atoms with van der Waals surface area (Å²) >= 11 is 7.25.